The van der Waals surface area contributed by atoms with E-state index in [-0.39, 0.29) is 11.4 Å². The average Bonchev–Trinajstić information content (AvgIpc) is 3.15. The van der Waals surface area contributed by atoms with Crippen LogP contribution in [-0.2, 0) is 4.79 Å². The van der Waals surface area contributed by atoms with Crippen molar-refractivity contribution in [1.82, 2.24) is 9.47 Å². The number of fused-ring (bicyclic) bond motifs is 1. The molecule has 0 aliphatic carbocycles. The maximum atomic E-state index is 12.4. The summed E-state index contributed by atoms with van der Waals surface area (Å²) >= 11 is 13.6. The van der Waals surface area contributed by atoms with Crippen LogP contribution in [0.25, 0.3) is 11.8 Å². The van der Waals surface area contributed by atoms with Gasteiger partial charge in [-0.25, -0.2) is 0 Å². The molecule has 1 N–H and O–H groups in total. The molecular formula is C19H14Cl2N4OS. The lowest BCUT2D eigenvalue weighted by molar-refractivity contribution is -0.114. The highest BCUT2D eigenvalue weighted by Gasteiger charge is 2.31. The number of amides is 1. The molecule has 8 heteroatoms. The lowest BCUT2D eigenvalue weighted by Gasteiger charge is -2.22. The van der Waals surface area contributed by atoms with Crippen LogP contribution in [-0.4, -0.2) is 26.4 Å². The van der Waals surface area contributed by atoms with E-state index in [1.807, 2.05) is 36.6 Å². The lowest BCUT2D eigenvalue weighted by atomic mass is 10.1. The minimum atomic E-state index is -0.405. The van der Waals surface area contributed by atoms with Crippen LogP contribution in [0, 0.1) is 19.3 Å². The molecule has 1 amide bonds. The molecule has 0 spiro atoms. The summed E-state index contributed by atoms with van der Waals surface area (Å²) in [5.41, 5.74) is 3.83. The molecule has 0 saturated carbocycles. The van der Waals surface area contributed by atoms with Crippen molar-refractivity contribution in [3.63, 3.8) is 0 Å². The number of hydrogen-bond donors (Lipinski definition) is 1. The van der Waals surface area contributed by atoms with E-state index in [9.17, 15) is 4.79 Å². The monoisotopic (exact) mass is 416 g/mol. The SMILES string of the molecule is Cc1cc(C=C2C(=N)N3C=CSC3=NC2=O)c(C)n1-c1cc(Cl)cc(Cl)c1. The molecule has 2 aliphatic rings. The van der Waals surface area contributed by atoms with Crippen molar-refractivity contribution < 1.29 is 4.79 Å². The van der Waals surface area contributed by atoms with Gasteiger partial charge in [0.05, 0.1) is 5.57 Å². The highest BCUT2D eigenvalue weighted by Crippen LogP contribution is 2.30. The number of rotatable bonds is 2. The summed E-state index contributed by atoms with van der Waals surface area (Å²) in [7, 11) is 0. The molecule has 0 fully saturated rings. The molecule has 3 heterocycles. The minimum absolute atomic E-state index is 0.127. The summed E-state index contributed by atoms with van der Waals surface area (Å²) in [4.78, 5) is 18.1. The second-order valence-corrected chi connectivity index (χ2v) is 7.91. The van der Waals surface area contributed by atoms with Gasteiger partial charge in [-0.1, -0.05) is 35.0 Å². The first-order valence-electron chi connectivity index (χ1n) is 8.07. The summed E-state index contributed by atoms with van der Waals surface area (Å²) < 4.78 is 2.02. The smallest absolute Gasteiger partial charge is 0.283 e. The molecule has 1 aromatic heterocycles. The Balaban J connectivity index is 1.80. The topological polar surface area (TPSA) is 61.5 Å². The van der Waals surface area contributed by atoms with Gasteiger partial charge < -0.3 is 4.57 Å². The lowest BCUT2D eigenvalue weighted by Crippen LogP contribution is -2.35. The zero-order valence-electron chi connectivity index (χ0n) is 14.5. The second-order valence-electron chi connectivity index (χ2n) is 6.17. The fraction of sp³-hybridized carbons (Fsp3) is 0.105. The van der Waals surface area contributed by atoms with Gasteiger partial charge >= 0.3 is 0 Å². The van der Waals surface area contributed by atoms with Crippen molar-refractivity contribution in [2.45, 2.75) is 13.8 Å². The Morgan fingerprint density at radius 1 is 1.15 bits per heavy atom. The number of nitrogens with one attached hydrogen (secondary N) is 1. The molecule has 27 heavy (non-hydrogen) atoms. The number of aliphatic imine (C=N–C) groups is 1. The van der Waals surface area contributed by atoms with Gasteiger partial charge in [-0.15, -0.1) is 0 Å². The van der Waals surface area contributed by atoms with Crippen molar-refractivity contribution in [2.24, 2.45) is 4.99 Å². The van der Waals surface area contributed by atoms with Crippen molar-refractivity contribution in [3.8, 4) is 5.69 Å². The van der Waals surface area contributed by atoms with Crippen LogP contribution >= 0.6 is 35.0 Å². The van der Waals surface area contributed by atoms with Gasteiger partial charge in [-0.05, 0) is 55.2 Å². The van der Waals surface area contributed by atoms with E-state index in [2.05, 4.69) is 4.99 Å². The number of thioether (sulfide) groups is 1. The number of carbonyl (C=O) groups is 1. The molecular weight excluding hydrogens is 403 g/mol. The summed E-state index contributed by atoms with van der Waals surface area (Å²) in [6, 6.07) is 7.32. The molecule has 0 atom stereocenters. The Labute approximate surface area is 170 Å². The van der Waals surface area contributed by atoms with Gasteiger partial charge in [-0.3, -0.25) is 15.1 Å². The number of aromatic nitrogens is 1. The third-order valence-electron chi connectivity index (χ3n) is 4.39. The van der Waals surface area contributed by atoms with E-state index in [0.29, 0.717) is 15.2 Å². The van der Waals surface area contributed by atoms with Gasteiger partial charge in [-0.2, -0.15) is 4.99 Å². The van der Waals surface area contributed by atoms with Gasteiger partial charge in [0.15, 0.2) is 5.17 Å². The van der Waals surface area contributed by atoms with E-state index in [1.165, 1.54) is 11.8 Å². The number of aryl methyl sites for hydroxylation is 1. The van der Waals surface area contributed by atoms with E-state index in [4.69, 9.17) is 28.6 Å². The maximum Gasteiger partial charge on any atom is 0.283 e. The Kier molecular flexibility index (Phi) is 4.50. The Morgan fingerprint density at radius 3 is 2.56 bits per heavy atom. The minimum Gasteiger partial charge on any atom is -0.318 e. The summed E-state index contributed by atoms with van der Waals surface area (Å²) in [6.45, 7) is 3.92. The van der Waals surface area contributed by atoms with E-state index in [1.54, 1.807) is 28.7 Å². The Bertz CT molecular complexity index is 1080. The predicted molar refractivity (Wildman–Crippen MR) is 112 cm³/mol. The molecule has 0 saturated heterocycles. The van der Waals surface area contributed by atoms with Crippen LogP contribution in [0.2, 0.25) is 10.0 Å². The summed E-state index contributed by atoms with van der Waals surface area (Å²) in [5.74, 6) is -0.278. The van der Waals surface area contributed by atoms with Gasteiger partial charge in [0.1, 0.15) is 5.84 Å². The predicted octanol–water partition coefficient (Wildman–Crippen LogP) is 5.18. The number of amidine groups is 2. The number of nitrogens with zero attached hydrogens (tertiary/aromatic N) is 3. The highest BCUT2D eigenvalue weighted by molar-refractivity contribution is 8.16. The molecule has 4 rings (SSSR count). The van der Waals surface area contributed by atoms with Crippen LogP contribution < -0.4 is 0 Å². The van der Waals surface area contributed by atoms with Crippen LogP contribution in [0.3, 0.4) is 0 Å². The molecule has 0 bridgehead atoms. The average molecular weight is 417 g/mol. The van der Waals surface area contributed by atoms with E-state index in [0.717, 1.165) is 22.6 Å². The number of benzene rings is 1. The Morgan fingerprint density at radius 2 is 1.85 bits per heavy atom. The molecule has 0 unspecified atom stereocenters. The van der Waals surface area contributed by atoms with Crippen molar-refractivity contribution in [3.05, 3.63) is 68.4 Å². The van der Waals surface area contributed by atoms with Crippen LogP contribution in [0.1, 0.15) is 17.0 Å². The first-order valence-corrected chi connectivity index (χ1v) is 9.70. The summed E-state index contributed by atoms with van der Waals surface area (Å²) in [6.07, 6.45) is 3.45. The van der Waals surface area contributed by atoms with Crippen molar-refractivity contribution >= 4 is 58.0 Å². The molecule has 1 aromatic carbocycles. The highest BCUT2D eigenvalue weighted by atomic mass is 35.5. The third kappa shape index (κ3) is 3.14. The number of halogens is 2. The largest absolute Gasteiger partial charge is 0.318 e. The first-order chi connectivity index (χ1) is 12.8. The van der Waals surface area contributed by atoms with Crippen LogP contribution in [0.15, 0.2) is 46.4 Å². The molecule has 2 aliphatic heterocycles. The molecule has 0 radical (unpaired) electrons. The zero-order chi connectivity index (χ0) is 19.3. The van der Waals surface area contributed by atoms with Gasteiger partial charge in [0, 0.05) is 33.3 Å². The number of hydrogen-bond acceptors (Lipinski definition) is 3. The molecule has 136 valence electrons. The first kappa shape index (κ1) is 18.1. The zero-order valence-corrected chi connectivity index (χ0v) is 16.8. The standard InChI is InChI=1S/C19H14Cl2N4OS/c1-10-5-12(11(2)25(10)15-8-13(20)7-14(21)9-15)6-16-17(22)24-3-4-27-19(24)23-18(16)26/h3-9,22H,1-2H3. The maximum absolute atomic E-state index is 12.4. The third-order valence-corrected chi connectivity index (χ3v) is 5.58. The van der Waals surface area contributed by atoms with Crippen molar-refractivity contribution in [2.75, 3.05) is 0 Å². The fourth-order valence-electron chi connectivity index (χ4n) is 3.19. The summed E-state index contributed by atoms with van der Waals surface area (Å²) in [5, 5.41) is 11.8. The fourth-order valence-corrected chi connectivity index (χ4v) is 4.41. The Hall–Kier alpha value is -2.28. The second kappa shape index (κ2) is 6.71. The normalized spacial score (nSPS) is 17.7. The van der Waals surface area contributed by atoms with Gasteiger partial charge in [0.25, 0.3) is 5.91 Å². The van der Waals surface area contributed by atoms with E-state index >= 15 is 0 Å². The van der Waals surface area contributed by atoms with Crippen LogP contribution in [0.5, 0.6) is 0 Å². The molecule has 2 aromatic rings. The van der Waals surface area contributed by atoms with Crippen molar-refractivity contribution in [1.29, 1.82) is 5.41 Å². The van der Waals surface area contributed by atoms with Gasteiger partial charge in [0.2, 0.25) is 0 Å². The van der Waals surface area contributed by atoms with E-state index < -0.39 is 5.91 Å². The van der Waals surface area contributed by atoms with Crippen LogP contribution in [0.4, 0.5) is 0 Å². The number of carbonyl (C=O) groups excluding carboxylic acids is 1. The quantitative estimate of drug-likeness (QED) is 0.686. The molecule has 5 nitrogen and oxygen atoms in total.